The quantitative estimate of drug-likeness (QED) is 0.717. The second-order valence-electron chi connectivity index (χ2n) is 7.23. The summed E-state index contributed by atoms with van der Waals surface area (Å²) in [5.41, 5.74) is 1.83. The van der Waals surface area contributed by atoms with E-state index in [1.54, 1.807) is 16.8 Å². The summed E-state index contributed by atoms with van der Waals surface area (Å²) in [6, 6.07) is 7.25. The van der Waals surface area contributed by atoms with Crippen LogP contribution < -0.4 is 5.32 Å². The van der Waals surface area contributed by atoms with Crippen LogP contribution in [0.3, 0.4) is 0 Å². The van der Waals surface area contributed by atoms with Gasteiger partial charge in [-0.1, -0.05) is 24.6 Å². The first-order valence-electron chi connectivity index (χ1n) is 9.25. The Morgan fingerprint density at radius 2 is 1.85 bits per heavy atom. The lowest BCUT2D eigenvalue weighted by atomic mass is 10.2. The van der Waals surface area contributed by atoms with Crippen molar-refractivity contribution >= 4 is 27.3 Å². The number of sulfone groups is 1. The van der Waals surface area contributed by atoms with Gasteiger partial charge in [0.15, 0.2) is 9.84 Å². The molecular weight excluding hydrogens is 366 g/mol. The van der Waals surface area contributed by atoms with Crippen LogP contribution in [0.5, 0.6) is 0 Å². The van der Waals surface area contributed by atoms with E-state index in [-0.39, 0.29) is 42.5 Å². The van der Waals surface area contributed by atoms with Crippen molar-refractivity contribution in [3.05, 3.63) is 29.8 Å². The zero-order chi connectivity index (χ0) is 20.0. The van der Waals surface area contributed by atoms with Crippen LogP contribution in [0.25, 0.3) is 0 Å². The molecule has 27 heavy (non-hydrogen) atoms. The van der Waals surface area contributed by atoms with Gasteiger partial charge in [0.2, 0.25) is 11.8 Å². The third-order valence-corrected chi connectivity index (χ3v) is 6.34. The van der Waals surface area contributed by atoms with Crippen LogP contribution in [-0.4, -0.2) is 74.3 Å². The number of hydrogen-bond donors (Lipinski definition) is 1. The lowest BCUT2D eigenvalue weighted by Gasteiger charge is -2.29. The molecule has 0 bridgehead atoms. The Bertz CT molecular complexity index is 762. The zero-order valence-corrected chi connectivity index (χ0v) is 17.1. The number of nitrogens with one attached hydrogen (secondary N) is 1. The normalized spacial score (nSPS) is 18.4. The fraction of sp³-hybridized carbons (Fsp3) is 0.579. The fourth-order valence-corrected chi connectivity index (χ4v) is 4.96. The molecule has 1 N–H and O–H groups in total. The lowest BCUT2D eigenvalue weighted by Crippen LogP contribution is -2.47. The molecule has 0 aromatic heterocycles. The van der Waals surface area contributed by atoms with Crippen molar-refractivity contribution < 1.29 is 18.0 Å². The number of anilines is 1. The van der Waals surface area contributed by atoms with Crippen molar-refractivity contribution in [2.24, 2.45) is 0 Å². The van der Waals surface area contributed by atoms with Gasteiger partial charge in [-0.15, -0.1) is 0 Å². The number of likely N-dealkylation sites (N-methyl/N-ethyl adjacent to an activating group) is 1. The maximum absolute atomic E-state index is 12.7. The second-order valence-corrected chi connectivity index (χ2v) is 9.46. The fourth-order valence-electron chi connectivity index (χ4n) is 3.23. The average molecular weight is 396 g/mol. The van der Waals surface area contributed by atoms with E-state index in [2.05, 4.69) is 5.32 Å². The summed E-state index contributed by atoms with van der Waals surface area (Å²) in [5.74, 6) is -0.153. The number of carbonyl (C=O) groups excluding carboxylic acids is 2. The maximum Gasteiger partial charge on any atom is 0.238 e. The number of hydrogen-bond acceptors (Lipinski definition) is 5. The van der Waals surface area contributed by atoms with Crippen molar-refractivity contribution in [3.8, 4) is 0 Å². The van der Waals surface area contributed by atoms with Crippen LogP contribution in [0.4, 0.5) is 5.69 Å². The van der Waals surface area contributed by atoms with Gasteiger partial charge in [0.1, 0.15) is 0 Å². The predicted octanol–water partition coefficient (Wildman–Crippen LogP) is 1.29. The third kappa shape index (κ3) is 6.62. The van der Waals surface area contributed by atoms with E-state index in [1.165, 1.54) is 0 Å². The zero-order valence-electron chi connectivity index (χ0n) is 16.3. The van der Waals surface area contributed by atoms with Gasteiger partial charge in [-0.25, -0.2) is 8.42 Å². The molecule has 1 fully saturated rings. The van der Waals surface area contributed by atoms with Crippen LogP contribution in [0.15, 0.2) is 24.3 Å². The van der Waals surface area contributed by atoms with Crippen LogP contribution in [0.2, 0.25) is 0 Å². The van der Waals surface area contributed by atoms with Crippen LogP contribution in [0, 0.1) is 6.92 Å². The Balaban J connectivity index is 1.88. The van der Waals surface area contributed by atoms with E-state index in [9.17, 15) is 18.0 Å². The third-order valence-electron chi connectivity index (χ3n) is 4.59. The van der Waals surface area contributed by atoms with Gasteiger partial charge in [0.25, 0.3) is 0 Å². The van der Waals surface area contributed by atoms with Crippen molar-refractivity contribution in [2.45, 2.75) is 32.7 Å². The molecule has 0 saturated carbocycles. The minimum absolute atomic E-state index is 0.0381. The van der Waals surface area contributed by atoms with Crippen molar-refractivity contribution in [3.63, 3.8) is 0 Å². The van der Waals surface area contributed by atoms with E-state index >= 15 is 0 Å². The summed E-state index contributed by atoms with van der Waals surface area (Å²) >= 11 is 0. The Hall–Kier alpha value is -1.93. The van der Waals surface area contributed by atoms with Crippen molar-refractivity contribution in [2.75, 3.05) is 43.5 Å². The molecule has 2 amide bonds. The van der Waals surface area contributed by atoms with Gasteiger partial charge in [-0.2, -0.15) is 0 Å². The molecular formula is C19H29N3O4S. The Kier molecular flexibility index (Phi) is 7.38. The lowest BCUT2D eigenvalue weighted by molar-refractivity contribution is -0.134. The summed E-state index contributed by atoms with van der Waals surface area (Å²) in [6.07, 6.45) is 1.26. The number of rotatable bonds is 8. The van der Waals surface area contributed by atoms with E-state index in [1.807, 2.05) is 38.1 Å². The molecule has 8 heteroatoms. The average Bonchev–Trinajstić information content (AvgIpc) is 2.94. The summed E-state index contributed by atoms with van der Waals surface area (Å²) in [7, 11) is -1.34. The van der Waals surface area contributed by atoms with Gasteiger partial charge in [-0.05, 0) is 38.9 Å². The highest BCUT2D eigenvalue weighted by Gasteiger charge is 2.34. The largest absolute Gasteiger partial charge is 0.338 e. The number of carbonyl (C=O) groups is 2. The van der Waals surface area contributed by atoms with Gasteiger partial charge >= 0.3 is 0 Å². The molecule has 1 saturated heterocycles. The van der Waals surface area contributed by atoms with E-state index in [4.69, 9.17) is 0 Å². The van der Waals surface area contributed by atoms with Crippen LogP contribution in [0.1, 0.15) is 25.3 Å². The standard InChI is InChI=1S/C19H29N3O4S/c1-4-10-22(17-9-11-27(25,26)14-17)19(24)13-21(3)12-18(23)20-16-7-5-15(2)6-8-16/h5-8,17H,4,9-14H2,1-3H3,(H,20,23)/t17-/m1/s1. The highest BCUT2D eigenvalue weighted by atomic mass is 32.2. The SMILES string of the molecule is CCCN(C(=O)CN(C)CC(=O)Nc1ccc(C)cc1)[C@@H]1CCS(=O)(=O)C1. The minimum Gasteiger partial charge on any atom is -0.338 e. The van der Waals surface area contributed by atoms with Crippen molar-refractivity contribution in [1.82, 2.24) is 9.80 Å². The summed E-state index contributed by atoms with van der Waals surface area (Å²) in [5, 5.41) is 2.81. The molecule has 1 aliphatic rings. The molecule has 1 atom stereocenters. The molecule has 0 radical (unpaired) electrons. The Morgan fingerprint density at radius 1 is 1.19 bits per heavy atom. The molecule has 0 aliphatic carbocycles. The van der Waals surface area contributed by atoms with Gasteiger partial charge in [-0.3, -0.25) is 14.5 Å². The van der Waals surface area contributed by atoms with Crippen LogP contribution in [-0.2, 0) is 19.4 Å². The highest BCUT2D eigenvalue weighted by molar-refractivity contribution is 7.91. The van der Waals surface area contributed by atoms with E-state index in [0.29, 0.717) is 18.7 Å². The molecule has 7 nitrogen and oxygen atoms in total. The maximum atomic E-state index is 12.7. The number of amides is 2. The number of aryl methyl sites for hydroxylation is 1. The van der Waals surface area contributed by atoms with E-state index in [0.717, 1.165) is 12.0 Å². The second kappa shape index (κ2) is 9.32. The monoisotopic (exact) mass is 395 g/mol. The molecule has 150 valence electrons. The highest BCUT2D eigenvalue weighted by Crippen LogP contribution is 2.18. The molecule has 2 rings (SSSR count). The molecule has 0 spiro atoms. The molecule has 1 heterocycles. The van der Waals surface area contributed by atoms with Crippen LogP contribution >= 0.6 is 0 Å². The topological polar surface area (TPSA) is 86.8 Å². The molecule has 1 aliphatic heterocycles. The summed E-state index contributed by atoms with van der Waals surface area (Å²) in [6.45, 7) is 4.63. The predicted molar refractivity (Wildman–Crippen MR) is 106 cm³/mol. The number of nitrogens with zero attached hydrogens (tertiary/aromatic N) is 2. The Morgan fingerprint density at radius 3 is 2.41 bits per heavy atom. The van der Waals surface area contributed by atoms with Gasteiger partial charge in [0.05, 0.1) is 24.6 Å². The number of benzene rings is 1. The first kappa shape index (κ1) is 21.4. The van der Waals surface area contributed by atoms with E-state index < -0.39 is 9.84 Å². The molecule has 1 aromatic rings. The van der Waals surface area contributed by atoms with Gasteiger partial charge < -0.3 is 10.2 Å². The minimum atomic E-state index is -3.05. The Labute approximate surface area is 161 Å². The first-order valence-corrected chi connectivity index (χ1v) is 11.1. The van der Waals surface area contributed by atoms with Gasteiger partial charge in [0, 0.05) is 18.3 Å². The first-order chi connectivity index (χ1) is 12.7. The summed E-state index contributed by atoms with van der Waals surface area (Å²) in [4.78, 5) is 28.2. The van der Waals surface area contributed by atoms with Crippen molar-refractivity contribution in [1.29, 1.82) is 0 Å². The summed E-state index contributed by atoms with van der Waals surface area (Å²) < 4.78 is 23.5. The molecule has 0 unspecified atom stereocenters. The molecule has 1 aromatic carbocycles. The smallest absolute Gasteiger partial charge is 0.238 e.